The highest BCUT2D eigenvalue weighted by molar-refractivity contribution is 7.15. The number of benzene rings is 1. The van der Waals surface area contributed by atoms with E-state index in [4.69, 9.17) is 22.4 Å². The molecule has 0 spiro atoms. The maximum Gasteiger partial charge on any atom is 0.183 e. The lowest BCUT2D eigenvalue weighted by atomic mass is 10.1. The van der Waals surface area contributed by atoms with Gasteiger partial charge in [-0.1, -0.05) is 29.8 Å². The molecule has 3 N–H and O–H groups in total. The van der Waals surface area contributed by atoms with Crippen molar-refractivity contribution in [3.8, 4) is 0 Å². The minimum absolute atomic E-state index is 0.00996. The van der Waals surface area contributed by atoms with Crippen molar-refractivity contribution < 1.29 is 5.11 Å². The van der Waals surface area contributed by atoms with Gasteiger partial charge in [0.1, 0.15) is 0 Å². The molecular weight excluding hydrogens is 306 g/mol. The molecule has 110 valence electrons. The summed E-state index contributed by atoms with van der Waals surface area (Å²) in [5.41, 5.74) is 8.19. The van der Waals surface area contributed by atoms with Crippen molar-refractivity contribution in [2.75, 3.05) is 6.61 Å². The number of hydrogen-bond donors (Lipinski definition) is 2. The number of nitrogens with two attached hydrogens (primary N) is 1. The fourth-order valence-corrected chi connectivity index (χ4v) is 3.46. The van der Waals surface area contributed by atoms with Gasteiger partial charge in [0.05, 0.1) is 13.2 Å². The average molecular weight is 322 g/mol. The number of rotatable bonds is 5. The Morgan fingerprint density at radius 1 is 1.38 bits per heavy atom. The van der Waals surface area contributed by atoms with E-state index in [1.807, 2.05) is 12.1 Å². The summed E-state index contributed by atoms with van der Waals surface area (Å²) in [7, 11) is 0. The Balaban J connectivity index is 1.98. The SMILES string of the molecule is NC(CO)Cc1cn(Cc2cnc(Cl)s2)c2ccccc12. The van der Waals surface area contributed by atoms with E-state index < -0.39 is 0 Å². The summed E-state index contributed by atoms with van der Waals surface area (Å²) in [6.45, 7) is 0.725. The summed E-state index contributed by atoms with van der Waals surface area (Å²) in [6, 6.07) is 7.98. The van der Waals surface area contributed by atoms with Gasteiger partial charge in [0, 0.05) is 34.2 Å². The highest BCUT2D eigenvalue weighted by Crippen LogP contribution is 2.25. The fraction of sp³-hybridized carbons (Fsp3) is 0.267. The third-order valence-corrected chi connectivity index (χ3v) is 4.54. The van der Waals surface area contributed by atoms with Crippen molar-refractivity contribution in [1.29, 1.82) is 0 Å². The van der Waals surface area contributed by atoms with E-state index in [0.717, 1.165) is 22.5 Å². The first-order valence-corrected chi connectivity index (χ1v) is 7.90. The van der Waals surface area contributed by atoms with E-state index in [1.54, 1.807) is 6.20 Å². The Morgan fingerprint density at radius 2 is 2.19 bits per heavy atom. The minimum atomic E-state index is -0.234. The van der Waals surface area contributed by atoms with Crippen LogP contribution in [-0.4, -0.2) is 27.3 Å². The molecule has 0 aliphatic heterocycles. The number of aliphatic hydroxyl groups is 1. The number of halogens is 1. The van der Waals surface area contributed by atoms with Gasteiger partial charge in [0.2, 0.25) is 0 Å². The van der Waals surface area contributed by atoms with Crippen LogP contribution in [0.25, 0.3) is 10.9 Å². The molecular formula is C15H16ClN3OS. The summed E-state index contributed by atoms with van der Waals surface area (Å²) in [5.74, 6) is 0. The van der Waals surface area contributed by atoms with Gasteiger partial charge in [-0.05, 0) is 18.1 Å². The van der Waals surface area contributed by atoms with Crippen molar-refractivity contribution >= 4 is 33.8 Å². The van der Waals surface area contributed by atoms with Crippen molar-refractivity contribution in [3.05, 3.63) is 51.6 Å². The van der Waals surface area contributed by atoms with Crippen LogP contribution >= 0.6 is 22.9 Å². The van der Waals surface area contributed by atoms with Gasteiger partial charge in [-0.25, -0.2) is 4.98 Å². The lowest BCUT2D eigenvalue weighted by Crippen LogP contribution is -2.26. The number of nitrogens with zero attached hydrogens (tertiary/aromatic N) is 2. The summed E-state index contributed by atoms with van der Waals surface area (Å²) in [5, 5.41) is 10.3. The van der Waals surface area contributed by atoms with Crippen LogP contribution in [-0.2, 0) is 13.0 Å². The second kappa shape index (κ2) is 6.15. The number of aromatic nitrogens is 2. The molecule has 1 unspecified atom stereocenters. The van der Waals surface area contributed by atoms with Gasteiger partial charge < -0.3 is 15.4 Å². The second-order valence-electron chi connectivity index (χ2n) is 5.03. The average Bonchev–Trinajstić information content (AvgIpc) is 3.04. The van der Waals surface area contributed by atoms with E-state index in [-0.39, 0.29) is 12.6 Å². The summed E-state index contributed by atoms with van der Waals surface area (Å²) >= 11 is 7.38. The van der Waals surface area contributed by atoms with Crippen LogP contribution in [0.5, 0.6) is 0 Å². The van der Waals surface area contributed by atoms with E-state index in [0.29, 0.717) is 10.9 Å². The number of hydrogen-bond acceptors (Lipinski definition) is 4. The molecule has 1 aromatic carbocycles. The molecule has 0 fully saturated rings. The Kier molecular flexibility index (Phi) is 4.26. The number of thiazole rings is 1. The van der Waals surface area contributed by atoms with E-state index in [1.165, 1.54) is 16.7 Å². The molecule has 21 heavy (non-hydrogen) atoms. The van der Waals surface area contributed by atoms with Gasteiger partial charge in [0.15, 0.2) is 4.47 Å². The highest BCUT2D eigenvalue weighted by atomic mass is 35.5. The minimum Gasteiger partial charge on any atom is -0.395 e. The molecule has 4 nitrogen and oxygen atoms in total. The van der Waals surface area contributed by atoms with Crippen LogP contribution < -0.4 is 5.73 Å². The molecule has 6 heteroatoms. The molecule has 0 radical (unpaired) electrons. The third kappa shape index (κ3) is 3.11. The smallest absolute Gasteiger partial charge is 0.183 e. The van der Waals surface area contributed by atoms with Gasteiger partial charge in [0.25, 0.3) is 0 Å². The van der Waals surface area contributed by atoms with E-state index >= 15 is 0 Å². The van der Waals surface area contributed by atoms with E-state index in [9.17, 15) is 0 Å². The number of fused-ring (bicyclic) bond motifs is 1. The third-order valence-electron chi connectivity index (χ3n) is 3.44. The first-order valence-electron chi connectivity index (χ1n) is 6.70. The van der Waals surface area contributed by atoms with Crippen LogP contribution in [0.1, 0.15) is 10.4 Å². The van der Waals surface area contributed by atoms with Crippen LogP contribution in [0.3, 0.4) is 0 Å². The van der Waals surface area contributed by atoms with Crippen LogP contribution in [0.2, 0.25) is 4.47 Å². The highest BCUT2D eigenvalue weighted by Gasteiger charge is 2.12. The molecule has 0 aliphatic carbocycles. The zero-order valence-electron chi connectivity index (χ0n) is 11.4. The van der Waals surface area contributed by atoms with Crippen molar-refractivity contribution in [2.24, 2.45) is 5.73 Å². The Labute approximate surface area is 131 Å². The maximum absolute atomic E-state index is 9.16. The standard InChI is InChI=1S/C15H16ClN3OS/c16-15-18-6-12(21-15)8-19-7-10(5-11(17)9-20)13-3-1-2-4-14(13)19/h1-4,6-7,11,20H,5,8-9,17H2. The first kappa shape index (κ1) is 14.5. The Morgan fingerprint density at radius 3 is 2.90 bits per heavy atom. The quantitative estimate of drug-likeness (QED) is 0.759. The Hall–Kier alpha value is -1.40. The molecule has 2 heterocycles. The topological polar surface area (TPSA) is 64.1 Å². The molecule has 3 rings (SSSR count). The molecule has 0 bridgehead atoms. The zero-order chi connectivity index (χ0) is 14.8. The lowest BCUT2D eigenvalue weighted by Gasteiger charge is -2.06. The second-order valence-corrected chi connectivity index (χ2v) is 6.72. The van der Waals surface area contributed by atoms with Gasteiger partial charge in [-0.15, -0.1) is 11.3 Å². The normalized spacial score (nSPS) is 12.9. The summed E-state index contributed by atoms with van der Waals surface area (Å²) in [4.78, 5) is 5.19. The fourth-order valence-electron chi connectivity index (χ4n) is 2.49. The predicted octanol–water partition coefficient (Wildman–Crippen LogP) is 2.66. The zero-order valence-corrected chi connectivity index (χ0v) is 12.9. The Bertz CT molecular complexity index is 752. The largest absolute Gasteiger partial charge is 0.395 e. The van der Waals surface area contributed by atoms with Crippen LogP contribution in [0.4, 0.5) is 0 Å². The molecule has 2 aromatic heterocycles. The molecule has 0 amide bonds. The monoisotopic (exact) mass is 321 g/mol. The first-order chi connectivity index (χ1) is 10.2. The number of para-hydroxylation sites is 1. The molecule has 0 saturated heterocycles. The van der Waals surface area contributed by atoms with Gasteiger partial charge in [-0.3, -0.25) is 0 Å². The number of aliphatic hydroxyl groups excluding tert-OH is 1. The maximum atomic E-state index is 9.16. The molecule has 3 aromatic rings. The van der Waals surface area contributed by atoms with Gasteiger partial charge >= 0.3 is 0 Å². The lowest BCUT2D eigenvalue weighted by molar-refractivity contribution is 0.265. The predicted molar refractivity (Wildman–Crippen MR) is 86.9 cm³/mol. The summed E-state index contributed by atoms with van der Waals surface area (Å²) < 4.78 is 2.74. The van der Waals surface area contributed by atoms with Crippen molar-refractivity contribution in [2.45, 2.75) is 19.0 Å². The van der Waals surface area contributed by atoms with Crippen LogP contribution in [0.15, 0.2) is 36.7 Å². The summed E-state index contributed by atoms with van der Waals surface area (Å²) in [6.07, 6.45) is 4.57. The molecule has 0 aliphatic rings. The molecule has 0 saturated carbocycles. The van der Waals surface area contributed by atoms with Gasteiger partial charge in [-0.2, -0.15) is 0 Å². The van der Waals surface area contributed by atoms with Crippen LogP contribution in [0, 0.1) is 0 Å². The van der Waals surface area contributed by atoms with Crippen molar-refractivity contribution in [1.82, 2.24) is 9.55 Å². The molecule has 1 atom stereocenters. The van der Waals surface area contributed by atoms with E-state index in [2.05, 4.69) is 27.9 Å². The van der Waals surface area contributed by atoms with Crippen molar-refractivity contribution in [3.63, 3.8) is 0 Å².